The van der Waals surface area contributed by atoms with Crippen LogP contribution in [0, 0.1) is 17.8 Å². The van der Waals surface area contributed by atoms with Gasteiger partial charge in [-0.1, -0.05) is 5.92 Å². The van der Waals surface area contributed by atoms with Crippen molar-refractivity contribution in [2.75, 3.05) is 12.3 Å². The number of nitrogens with two attached hydrogens (primary N) is 1. The van der Waals surface area contributed by atoms with Crippen molar-refractivity contribution in [3.63, 3.8) is 0 Å². The molecule has 0 amide bonds. The standard InChI is InChI=1S/C15H17N5O4/c16-13-10-14(18-6-17-13)20(7-19-10)15(4-3-8-1-2-8)12(23)11(22)9(5-21)24-15/h6-9,11-12,21-23H,1-2,5H2,(H2,16,17,18)/t9-,11-,12-,15-/m1/s1. The Hall–Kier alpha value is -2.25. The molecular formula is C15H17N5O4. The van der Waals surface area contributed by atoms with Crippen molar-refractivity contribution in [3.05, 3.63) is 12.7 Å². The van der Waals surface area contributed by atoms with Crippen LogP contribution in [-0.2, 0) is 10.5 Å². The highest BCUT2D eigenvalue weighted by Crippen LogP contribution is 2.38. The van der Waals surface area contributed by atoms with Gasteiger partial charge in [0, 0.05) is 5.92 Å². The third-order valence-electron chi connectivity index (χ3n) is 4.37. The minimum Gasteiger partial charge on any atom is -0.394 e. The largest absolute Gasteiger partial charge is 0.394 e. The second-order valence-electron chi connectivity index (χ2n) is 6.06. The zero-order valence-corrected chi connectivity index (χ0v) is 12.7. The molecule has 9 nitrogen and oxygen atoms in total. The van der Waals surface area contributed by atoms with Gasteiger partial charge in [0.05, 0.1) is 6.61 Å². The Morgan fingerprint density at radius 3 is 2.79 bits per heavy atom. The number of nitrogen functional groups attached to an aromatic ring is 1. The molecule has 4 rings (SSSR count). The van der Waals surface area contributed by atoms with Crippen LogP contribution in [0.25, 0.3) is 11.2 Å². The smallest absolute Gasteiger partial charge is 0.241 e. The second-order valence-corrected chi connectivity index (χ2v) is 6.06. The van der Waals surface area contributed by atoms with E-state index in [4.69, 9.17) is 10.5 Å². The molecule has 2 fully saturated rings. The lowest BCUT2D eigenvalue weighted by molar-refractivity contribution is -0.103. The first kappa shape index (κ1) is 15.3. The zero-order chi connectivity index (χ0) is 16.9. The molecule has 3 heterocycles. The summed E-state index contributed by atoms with van der Waals surface area (Å²) in [5, 5.41) is 30.3. The molecule has 1 aliphatic carbocycles. The Bertz CT molecular complexity index is 839. The maximum Gasteiger partial charge on any atom is 0.241 e. The van der Waals surface area contributed by atoms with E-state index < -0.39 is 30.6 Å². The Kier molecular flexibility index (Phi) is 3.43. The van der Waals surface area contributed by atoms with E-state index in [9.17, 15) is 15.3 Å². The molecule has 2 aliphatic rings. The Morgan fingerprint density at radius 2 is 2.12 bits per heavy atom. The van der Waals surface area contributed by atoms with Gasteiger partial charge < -0.3 is 25.8 Å². The van der Waals surface area contributed by atoms with E-state index in [2.05, 4.69) is 26.8 Å². The highest BCUT2D eigenvalue weighted by atomic mass is 16.6. The first-order valence-corrected chi connectivity index (χ1v) is 7.68. The third-order valence-corrected chi connectivity index (χ3v) is 4.37. The van der Waals surface area contributed by atoms with Crippen molar-refractivity contribution in [2.45, 2.75) is 36.9 Å². The number of aliphatic hydroxyl groups is 3. The van der Waals surface area contributed by atoms with Crippen LogP contribution < -0.4 is 5.73 Å². The highest BCUT2D eigenvalue weighted by Gasteiger charge is 2.55. The first-order chi connectivity index (χ1) is 11.6. The van der Waals surface area contributed by atoms with Crippen LogP contribution in [0.4, 0.5) is 5.82 Å². The summed E-state index contributed by atoms with van der Waals surface area (Å²) >= 11 is 0. The number of nitrogens with zero attached hydrogens (tertiary/aromatic N) is 4. The highest BCUT2D eigenvalue weighted by molar-refractivity contribution is 5.81. The van der Waals surface area contributed by atoms with Crippen molar-refractivity contribution >= 4 is 17.0 Å². The van der Waals surface area contributed by atoms with Crippen molar-refractivity contribution < 1.29 is 20.1 Å². The van der Waals surface area contributed by atoms with E-state index in [1.54, 1.807) is 0 Å². The average molecular weight is 331 g/mol. The lowest BCUT2D eigenvalue weighted by atomic mass is 10.0. The monoisotopic (exact) mass is 331 g/mol. The molecule has 1 saturated heterocycles. The van der Waals surface area contributed by atoms with E-state index in [0.29, 0.717) is 11.2 Å². The molecule has 0 spiro atoms. The van der Waals surface area contributed by atoms with Crippen LogP contribution >= 0.6 is 0 Å². The molecule has 1 aliphatic heterocycles. The number of ether oxygens (including phenoxy) is 1. The second kappa shape index (κ2) is 5.39. The summed E-state index contributed by atoms with van der Waals surface area (Å²) in [5.74, 6) is 6.43. The third kappa shape index (κ3) is 2.16. The summed E-state index contributed by atoms with van der Waals surface area (Å²) in [4.78, 5) is 12.2. The quantitative estimate of drug-likeness (QED) is 0.492. The number of aliphatic hydroxyl groups excluding tert-OH is 3. The minimum atomic E-state index is -1.59. The van der Waals surface area contributed by atoms with Crippen LogP contribution in [0.5, 0.6) is 0 Å². The maximum atomic E-state index is 10.6. The van der Waals surface area contributed by atoms with E-state index in [1.165, 1.54) is 17.2 Å². The topological polar surface area (TPSA) is 140 Å². The normalized spacial score (nSPS) is 32.7. The molecule has 5 N–H and O–H groups in total. The molecule has 0 radical (unpaired) electrons. The van der Waals surface area contributed by atoms with Crippen molar-refractivity contribution in [1.29, 1.82) is 0 Å². The summed E-state index contributed by atoms with van der Waals surface area (Å²) in [6.45, 7) is -0.450. The summed E-state index contributed by atoms with van der Waals surface area (Å²) in [5.41, 5.74) is 4.89. The molecule has 2 aromatic rings. The van der Waals surface area contributed by atoms with Gasteiger partial charge in [-0.25, -0.2) is 15.0 Å². The number of hydrogen-bond donors (Lipinski definition) is 4. The van der Waals surface area contributed by atoms with Crippen LogP contribution in [0.2, 0.25) is 0 Å². The number of hydrogen-bond acceptors (Lipinski definition) is 8. The molecule has 2 aromatic heterocycles. The van der Waals surface area contributed by atoms with Gasteiger partial charge in [0.25, 0.3) is 0 Å². The van der Waals surface area contributed by atoms with Crippen molar-refractivity contribution in [2.24, 2.45) is 5.92 Å². The molecule has 1 saturated carbocycles. The lowest BCUT2D eigenvalue weighted by Gasteiger charge is -2.28. The van der Waals surface area contributed by atoms with Crippen molar-refractivity contribution in [3.8, 4) is 11.8 Å². The number of rotatable bonds is 2. The summed E-state index contributed by atoms with van der Waals surface area (Å²) < 4.78 is 7.24. The number of fused-ring (bicyclic) bond motifs is 1. The molecule has 126 valence electrons. The molecule has 0 bridgehead atoms. The SMILES string of the molecule is Nc1ncnc2c1ncn2[C@]1(C#CC2CC2)O[C@H](CO)[C@@H](O)[C@H]1O. The lowest BCUT2D eigenvalue weighted by Crippen LogP contribution is -2.44. The average Bonchev–Trinajstić information content (AvgIpc) is 3.26. The summed E-state index contributed by atoms with van der Waals surface area (Å²) in [7, 11) is 0. The molecule has 9 heteroatoms. The summed E-state index contributed by atoms with van der Waals surface area (Å²) in [6.07, 6.45) is 1.02. The predicted octanol–water partition coefficient (Wildman–Crippen LogP) is -1.41. The van der Waals surface area contributed by atoms with E-state index in [1.807, 2.05) is 0 Å². The van der Waals surface area contributed by atoms with E-state index in [-0.39, 0.29) is 11.7 Å². The molecule has 24 heavy (non-hydrogen) atoms. The molecule has 0 unspecified atom stereocenters. The van der Waals surface area contributed by atoms with Crippen LogP contribution in [0.1, 0.15) is 12.8 Å². The Labute approximate surface area is 137 Å². The number of aromatic nitrogens is 4. The molecule has 4 atom stereocenters. The number of anilines is 1. The summed E-state index contributed by atoms with van der Waals surface area (Å²) in [6, 6.07) is 0. The fourth-order valence-electron chi connectivity index (χ4n) is 2.84. The molecular weight excluding hydrogens is 314 g/mol. The van der Waals surface area contributed by atoms with Gasteiger partial charge in [0.2, 0.25) is 5.72 Å². The fraction of sp³-hybridized carbons (Fsp3) is 0.533. The van der Waals surface area contributed by atoms with Gasteiger partial charge in [-0.3, -0.25) is 4.57 Å². The first-order valence-electron chi connectivity index (χ1n) is 7.68. The fourth-order valence-corrected chi connectivity index (χ4v) is 2.84. The number of imidazole rings is 1. The van der Waals surface area contributed by atoms with E-state index >= 15 is 0 Å². The van der Waals surface area contributed by atoms with Gasteiger partial charge in [-0.15, -0.1) is 0 Å². The Balaban J connectivity index is 1.90. The van der Waals surface area contributed by atoms with Crippen LogP contribution in [-0.4, -0.2) is 59.8 Å². The predicted molar refractivity (Wildman–Crippen MR) is 82.2 cm³/mol. The van der Waals surface area contributed by atoms with Crippen molar-refractivity contribution in [1.82, 2.24) is 19.5 Å². The minimum absolute atomic E-state index is 0.191. The van der Waals surface area contributed by atoms with Crippen LogP contribution in [0.15, 0.2) is 12.7 Å². The van der Waals surface area contributed by atoms with Gasteiger partial charge in [-0.05, 0) is 18.8 Å². The van der Waals surface area contributed by atoms with Gasteiger partial charge in [0.15, 0.2) is 11.5 Å². The van der Waals surface area contributed by atoms with Gasteiger partial charge in [-0.2, -0.15) is 0 Å². The van der Waals surface area contributed by atoms with Gasteiger partial charge in [0.1, 0.15) is 36.5 Å². The zero-order valence-electron chi connectivity index (χ0n) is 12.7. The van der Waals surface area contributed by atoms with Crippen LogP contribution in [0.3, 0.4) is 0 Å². The molecule has 0 aromatic carbocycles. The maximum absolute atomic E-state index is 10.6. The van der Waals surface area contributed by atoms with E-state index in [0.717, 1.165) is 12.8 Å². The Morgan fingerprint density at radius 1 is 1.33 bits per heavy atom. The van der Waals surface area contributed by atoms with Gasteiger partial charge >= 0.3 is 0 Å².